The predicted molar refractivity (Wildman–Crippen MR) is 78.4 cm³/mol. The summed E-state index contributed by atoms with van der Waals surface area (Å²) in [5.74, 6) is -1.84. The fourth-order valence-corrected chi connectivity index (χ4v) is 1.73. The number of rotatable bonds is 3. The Bertz CT molecular complexity index is 714. The average molecular weight is 290 g/mol. The van der Waals surface area contributed by atoms with Crippen LogP contribution >= 0.6 is 0 Å². The molecule has 21 heavy (non-hydrogen) atoms. The van der Waals surface area contributed by atoms with E-state index in [1.165, 1.54) is 18.2 Å². The molecule has 0 amide bonds. The highest BCUT2D eigenvalue weighted by molar-refractivity contribution is 6.02. The van der Waals surface area contributed by atoms with E-state index in [4.69, 9.17) is 0 Å². The van der Waals surface area contributed by atoms with E-state index in [1.807, 2.05) is 0 Å². The largest absolute Gasteiger partial charge is 0.504 e. The van der Waals surface area contributed by atoms with Gasteiger partial charge >= 0.3 is 0 Å². The summed E-state index contributed by atoms with van der Waals surface area (Å²) >= 11 is 0. The zero-order valence-electron chi connectivity index (χ0n) is 11.6. The van der Waals surface area contributed by atoms with Crippen LogP contribution in [-0.2, 0) is 0 Å². The molecule has 2 aromatic carbocycles. The molecule has 0 saturated heterocycles. The number of aryl methyl sites for hydroxylation is 1. The lowest BCUT2D eigenvalue weighted by atomic mass is 10.1. The van der Waals surface area contributed by atoms with E-state index in [0.717, 1.165) is 0 Å². The van der Waals surface area contributed by atoms with Crippen molar-refractivity contribution < 1.29 is 19.7 Å². The fraction of sp³-hybridized carbons (Fsp3) is 0.133. The van der Waals surface area contributed by atoms with Gasteiger partial charge in [-0.2, -0.15) is 5.10 Å². The Kier molecular flexibility index (Phi) is 3.98. The Hall–Kier alpha value is -2.76. The molecule has 0 fully saturated rings. The molecule has 110 valence electrons. The number of halogens is 1. The topological polar surface area (TPSA) is 85.1 Å². The molecule has 0 bridgehead atoms. The zero-order chi connectivity index (χ0) is 15.6. The number of phenolic OH excluding ortho intramolecular Hbond substituents is 3. The third-order valence-corrected chi connectivity index (χ3v) is 3.04. The van der Waals surface area contributed by atoms with Crippen molar-refractivity contribution in [1.82, 2.24) is 0 Å². The molecule has 2 rings (SSSR count). The molecule has 2 aromatic rings. The number of aromatic hydroxyl groups is 3. The molecule has 0 radical (unpaired) electrons. The van der Waals surface area contributed by atoms with Crippen LogP contribution in [0.5, 0.6) is 17.2 Å². The Balaban J connectivity index is 2.25. The summed E-state index contributed by atoms with van der Waals surface area (Å²) < 4.78 is 13.4. The van der Waals surface area contributed by atoms with Crippen LogP contribution in [0, 0.1) is 12.7 Å². The van der Waals surface area contributed by atoms with Crippen molar-refractivity contribution in [3.63, 3.8) is 0 Å². The summed E-state index contributed by atoms with van der Waals surface area (Å²) in [6, 6.07) is 7.26. The second-order valence-corrected chi connectivity index (χ2v) is 4.60. The third kappa shape index (κ3) is 3.05. The molecule has 0 heterocycles. The second kappa shape index (κ2) is 5.70. The summed E-state index contributed by atoms with van der Waals surface area (Å²) in [4.78, 5) is 0. The van der Waals surface area contributed by atoms with Crippen molar-refractivity contribution in [1.29, 1.82) is 0 Å². The summed E-state index contributed by atoms with van der Waals surface area (Å²) in [6.07, 6.45) is 0. The number of nitrogens with one attached hydrogen (secondary N) is 1. The van der Waals surface area contributed by atoms with Crippen LogP contribution < -0.4 is 5.43 Å². The van der Waals surface area contributed by atoms with Gasteiger partial charge in [0.15, 0.2) is 11.5 Å². The molecular formula is C15H15FN2O3. The van der Waals surface area contributed by atoms with Gasteiger partial charge < -0.3 is 15.3 Å². The summed E-state index contributed by atoms with van der Waals surface area (Å²) in [5.41, 5.74) is 4.27. The number of nitrogens with zero attached hydrogens (tertiary/aromatic N) is 1. The first-order valence-corrected chi connectivity index (χ1v) is 6.21. The maximum absolute atomic E-state index is 13.4. The molecular weight excluding hydrogens is 275 g/mol. The van der Waals surface area contributed by atoms with E-state index < -0.39 is 17.2 Å². The summed E-state index contributed by atoms with van der Waals surface area (Å²) in [6.45, 7) is 3.26. The minimum Gasteiger partial charge on any atom is -0.504 e. The van der Waals surface area contributed by atoms with Gasteiger partial charge in [-0.3, -0.25) is 5.43 Å². The number of hydrazone groups is 1. The minimum atomic E-state index is -0.608. The monoisotopic (exact) mass is 290 g/mol. The molecule has 0 unspecified atom stereocenters. The van der Waals surface area contributed by atoms with Gasteiger partial charge in [0.2, 0.25) is 5.75 Å². The van der Waals surface area contributed by atoms with Gasteiger partial charge in [-0.05, 0) is 43.7 Å². The first kappa shape index (κ1) is 14.6. The van der Waals surface area contributed by atoms with Gasteiger partial charge in [0.25, 0.3) is 0 Å². The van der Waals surface area contributed by atoms with E-state index in [-0.39, 0.29) is 11.4 Å². The number of hydrogen-bond donors (Lipinski definition) is 4. The highest BCUT2D eigenvalue weighted by Crippen LogP contribution is 2.37. The smallest absolute Gasteiger partial charge is 0.200 e. The lowest BCUT2D eigenvalue weighted by molar-refractivity contribution is 0.367. The maximum Gasteiger partial charge on any atom is 0.200 e. The van der Waals surface area contributed by atoms with Gasteiger partial charge in [0, 0.05) is 5.56 Å². The number of anilines is 1. The van der Waals surface area contributed by atoms with E-state index in [0.29, 0.717) is 17.0 Å². The van der Waals surface area contributed by atoms with Crippen molar-refractivity contribution in [2.75, 3.05) is 5.43 Å². The van der Waals surface area contributed by atoms with Crippen LogP contribution in [0.4, 0.5) is 10.1 Å². The lowest BCUT2D eigenvalue weighted by Crippen LogP contribution is -2.00. The van der Waals surface area contributed by atoms with Crippen molar-refractivity contribution in [2.45, 2.75) is 13.8 Å². The highest BCUT2D eigenvalue weighted by atomic mass is 19.1. The average Bonchev–Trinajstić information content (AvgIpc) is 2.46. The minimum absolute atomic E-state index is 0.255. The molecule has 0 aliphatic heterocycles. The number of benzene rings is 2. The van der Waals surface area contributed by atoms with Crippen molar-refractivity contribution in [2.24, 2.45) is 5.10 Å². The molecule has 0 spiro atoms. The summed E-state index contributed by atoms with van der Waals surface area (Å²) in [7, 11) is 0. The first-order chi connectivity index (χ1) is 9.90. The molecule has 4 N–H and O–H groups in total. The van der Waals surface area contributed by atoms with Crippen LogP contribution in [0.15, 0.2) is 35.4 Å². The SMILES string of the molecule is CC(=NNc1ccc(C)c(F)c1)c1ccc(O)c(O)c1O. The van der Waals surface area contributed by atoms with Crippen LogP contribution in [0.2, 0.25) is 0 Å². The first-order valence-electron chi connectivity index (χ1n) is 6.21. The molecule has 0 aromatic heterocycles. The van der Waals surface area contributed by atoms with Crippen LogP contribution in [0.25, 0.3) is 0 Å². The Morgan fingerprint density at radius 1 is 1.10 bits per heavy atom. The van der Waals surface area contributed by atoms with E-state index in [1.54, 1.807) is 26.0 Å². The van der Waals surface area contributed by atoms with Gasteiger partial charge in [0.1, 0.15) is 5.82 Å². The van der Waals surface area contributed by atoms with E-state index in [2.05, 4.69) is 10.5 Å². The van der Waals surface area contributed by atoms with Crippen molar-refractivity contribution in [3.05, 3.63) is 47.3 Å². The fourth-order valence-electron chi connectivity index (χ4n) is 1.73. The zero-order valence-corrected chi connectivity index (χ0v) is 11.6. The maximum atomic E-state index is 13.4. The van der Waals surface area contributed by atoms with Gasteiger partial charge in [0.05, 0.1) is 11.4 Å². The highest BCUT2D eigenvalue weighted by Gasteiger charge is 2.13. The van der Waals surface area contributed by atoms with E-state index >= 15 is 0 Å². The quantitative estimate of drug-likeness (QED) is 0.397. The standard InChI is InChI=1S/C15H15FN2O3/c1-8-3-4-10(7-12(8)16)18-17-9(2)11-5-6-13(19)15(21)14(11)20/h3-7,18-21H,1-2H3. The van der Waals surface area contributed by atoms with Gasteiger partial charge in [-0.15, -0.1) is 0 Å². The van der Waals surface area contributed by atoms with E-state index in [9.17, 15) is 19.7 Å². The van der Waals surface area contributed by atoms with Crippen molar-refractivity contribution in [3.8, 4) is 17.2 Å². The van der Waals surface area contributed by atoms with Crippen LogP contribution in [0.3, 0.4) is 0 Å². The molecule has 0 aliphatic carbocycles. The second-order valence-electron chi connectivity index (χ2n) is 4.60. The lowest BCUT2D eigenvalue weighted by Gasteiger charge is -2.08. The van der Waals surface area contributed by atoms with Gasteiger partial charge in [-0.25, -0.2) is 4.39 Å². The van der Waals surface area contributed by atoms with Crippen LogP contribution in [0.1, 0.15) is 18.1 Å². The third-order valence-electron chi connectivity index (χ3n) is 3.04. The Morgan fingerprint density at radius 2 is 1.81 bits per heavy atom. The predicted octanol–water partition coefficient (Wildman–Crippen LogP) is 3.09. The molecule has 0 atom stereocenters. The molecule has 0 saturated carbocycles. The van der Waals surface area contributed by atoms with Gasteiger partial charge in [-0.1, -0.05) is 6.07 Å². The molecule has 5 nitrogen and oxygen atoms in total. The van der Waals surface area contributed by atoms with Crippen molar-refractivity contribution >= 4 is 11.4 Å². The summed E-state index contributed by atoms with van der Waals surface area (Å²) in [5, 5.41) is 32.5. The molecule has 0 aliphatic rings. The van der Waals surface area contributed by atoms with Crippen LogP contribution in [-0.4, -0.2) is 21.0 Å². The Labute approximate surface area is 121 Å². The normalized spacial score (nSPS) is 11.5. The number of hydrogen-bond acceptors (Lipinski definition) is 5. The Morgan fingerprint density at radius 3 is 2.48 bits per heavy atom. The number of phenols is 3. The molecule has 6 heteroatoms.